The van der Waals surface area contributed by atoms with Gasteiger partial charge in [0.15, 0.2) is 0 Å². The van der Waals surface area contributed by atoms with Crippen molar-refractivity contribution in [2.75, 3.05) is 33.2 Å². The third kappa shape index (κ3) is 5.53. The fraction of sp³-hybridized carbons (Fsp3) is 0.867. The minimum atomic E-state index is -0.791. The van der Waals surface area contributed by atoms with E-state index < -0.39 is 11.4 Å². The van der Waals surface area contributed by atoms with Crippen molar-refractivity contribution in [1.82, 2.24) is 15.5 Å². The van der Waals surface area contributed by atoms with Crippen LogP contribution in [0, 0.1) is 11.3 Å². The summed E-state index contributed by atoms with van der Waals surface area (Å²) in [6.45, 7) is 6.70. The molecule has 3 N–H and O–H groups in total. The maximum atomic E-state index is 11.8. The Morgan fingerprint density at radius 2 is 1.90 bits per heavy atom. The minimum absolute atomic E-state index is 0.213. The van der Waals surface area contributed by atoms with Crippen molar-refractivity contribution >= 4 is 12.0 Å². The Morgan fingerprint density at radius 1 is 1.29 bits per heavy atom. The first-order chi connectivity index (χ1) is 9.89. The Kier molecular flexibility index (Phi) is 6.95. The van der Waals surface area contributed by atoms with E-state index in [0.717, 1.165) is 25.9 Å². The largest absolute Gasteiger partial charge is 0.481 e. The number of hydrogen-bond acceptors (Lipinski definition) is 3. The van der Waals surface area contributed by atoms with Crippen molar-refractivity contribution < 1.29 is 14.7 Å². The molecule has 0 aromatic carbocycles. The van der Waals surface area contributed by atoms with Gasteiger partial charge in [0.1, 0.15) is 0 Å². The Bertz CT molecular complexity index is 352. The van der Waals surface area contributed by atoms with E-state index >= 15 is 0 Å². The van der Waals surface area contributed by atoms with Crippen LogP contribution in [-0.4, -0.2) is 55.2 Å². The SMILES string of the molecule is CCN(C)CCNC(=O)NCC1(C(=O)O)CCC(C)CC1. The van der Waals surface area contributed by atoms with Gasteiger partial charge < -0.3 is 20.6 Å². The highest BCUT2D eigenvalue weighted by Gasteiger charge is 2.41. The second-order valence-corrected chi connectivity index (χ2v) is 6.27. The van der Waals surface area contributed by atoms with Crippen molar-refractivity contribution in [3.8, 4) is 0 Å². The highest BCUT2D eigenvalue weighted by molar-refractivity contribution is 5.78. The van der Waals surface area contributed by atoms with Crippen molar-refractivity contribution in [2.45, 2.75) is 39.5 Å². The lowest BCUT2D eigenvalue weighted by Crippen LogP contribution is -2.48. The zero-order valence-electron chi connectivity index (χ0n) is 13.4. The van der Waals surface area contributed by atoms with Crippen LogP contribution in [0.15, 0.2) is 0 Å². The summed E-state index contributed by atoms with van der Waals surface area (Å²) in [4.78, 5) is 25.4. The van der Waals surface area contributed by atoms with Gasteiger partial charge in [0, 0.05) is 19.6 Å². The number of aliphatic carboxylic acids is 1. The van der Waals surface area contributed by atoms with Crippen LogP contribution < -0.4 is 10.6 Å². The molecule has 0 saturated heterocycles. The van der Waals surface area contributed by atoms with E-state index in [1.807, 2.05) is 7.05 Å². The quantitative estimate of drug-likeness (QED) is 0.666. The molecular formula is C15H29N3O3. The molecule has 0 heterocycles. The molecule has 0 atom stereocenters. The zero-order chi connectivity index (χ0) is 15.9. The van der Waals surface area contributed by atoms with E-state index in [4.69, 9.17) is 0 Å². The van der Waals surface area contributed by atoms with Crippen molar-refractivity contribution in [3.05, 3.63) is 0 Å². The average molecular weight is 299 g/mol. The second-order valence-electron chi connectivity index (χ2n) is 6.27. The Morgan fingerprint density at radius 3 is 2.43 bits per heavy atom. The molecule has 2 amide bonds. The second kappa shape index (κ2) is 8.22. The molecule has 21 heavy (non-hydrogen) atoms. The lowest BCUT2D eigenvalue weighted by molar-refractivity contribution is -0.151. The molecule has 0 aliphatic heterocycles. The fourth-order valence-corrected chi connectivity index (χ4v) is 2.61. The third-order valence-electron chi connectivity index (χ3n) is 4.59. The van der Waals surface area contributed by atoms with Crippen LogP contribution in [0.4, 0.5) is 4.79 Å². The molecule has 0 bridgehead atoms. The summed E-state index contributed by atoms with van der Waals surface area (Å²) in [5.74, 6) is -0.212. The van der Waals surface area contributed by atoms with Gasteiger partial charge in [-0.2, -0.15) is 0 Å². The van der Waals surface area contributed by atoms with Gasteiger partial charge in [0.05, 0.1) is 5.41 Å². The van der Waals surface area contributed by atoms with Gasteiger partial charge in [-0.1, -0.05) is 13.8 Å². The van der Waals surface area contributed by atoms with Crippen molar-refractivity contribution in [2.24, 2.45) is 11.3 Å². The molecule has 0 aromatic rings. The first-order valence-corrected chi connectivity index (χ1v) is 7.83. The highest BCUT2D eigenvalue weighted by Crippen LogP contribution is 2.38. The molecular weight excluding hydrogens is 270 g/mol. The molecule has 1 saturated carbocycles. The van der Waals surface area contributed by atoms with Crippen molar-refractivity contribution in [3.63, 3.8) is 0 Å². The molecule has 1 fully saturated rings. The Hall–Kier alpha value is -1.30. The van der Waals surface area contributed by atoms with Gasteiger partial charge in [0.25, 0.3) is 0 Å². The molecule has 6 nitrogen and oxygen atoms in total. The smallest absolute Gasteiger partial charge is 0.314 e. The van der Waals surface area contributed by atoms with Gasteiger partial charge in [-0.05, 0) is 45.2 Å². The topological polar surface area (TPSA) is 81.7 Å². The molecule has 6 heteroatoms. The van der Waals surface area contributed by atoms with E-state index in [0.29, 0.717) is 25.3 Å². The lowest BCUT2D eigenvalue weighted by atomic mass is 9.71. The summed E-state index contributed by atoms with van der Waals surface area (Å²) >= 11 is 0. The summed E-state index contributed by atoms with van der Waals surface area (Å²) in [6, 6.07) is -0.279. The molecule has 1 aliphatic rings. The number of rotatable bonds is 7. The standard InChI is InChI=1S/C15H29N3O3/c1-4-18(3)10-9-16-14(21)17-11-15(13(19)20)7-5-12(2)6-8-15/h12H,4-11H2,1-3H3,(H,19,20)(H2,16,17,21). The normalized spacial score (nSPS) is 25.6. The monoisotopic (exact) mass is 299 g/mol. The summed E-state index contributed by atoms with van der Waals surface area (Å²) in [7, 11) is 1.99. The number of nitrogens with one attached hydrogen (secondary N) is 2. The van der Waals surface area contributed by atoms with Crippen LogP contribution in [0.5, 0.6) is 0 Å². The number of likely N-dealkylation sites (N-methyl/N-ethyl adjacent to an activating group) is 1. The number of carbonyl (C=O) groups is 2. The summed E-state index contributed by atoms with van der Waals surface area (Å²) in [5, 5.41) is 15.0. The first kappa shape index (κ1) is 17.8. The van der Waals surface area contributed by atoms with E-state index in [2.05, 4.69) is 29.4 Å². The predicted octanol–water partition coefficient (Wildman–Crippen LogP) is 1.52. The molecule has 122 valence electrons. The number of carboxylic acid groups (broad SMARTS) is 1. The summed E-state index contributed by atoms with van der Waals surface area (Å²) < 4.78 is 0. The molecule has 0 radical (unpaired) electrons. The minimum Gasteiger partial charge on any atom is -0.481 e. The van der Waals surface area contributed by atoms with Crippen LogP contribution in [-0.2, 0) is 4.79 Å². The summed E-state index contributed by atoms with van der Waals surface area (Å²) in [5.41, 5.74) is -0.788. The number of hydrogen-bond donors (Lipinski definition) is 3. The predicted molar refractivity (Wildman–Crippen MR) is 82.3 cm³/mol. The van der Waals surface area contributed by atoms with Crippen LogP contribution in [0.2, 0.25) is 0 Å². The van der Waals surface area contributed by atoms with Gasteiger partial charge in [0.2, 0.25) is 0 Å². The highest BCUT2D eigenvalue weighted by atomic mass is 16.4. The van der Waals surface area contributed by atoms with Gasteiger partial charge in [-0.25, -0.2) is 4.79 Å². The lowest BCUT2D eigenvalue weighted by Gasteiger charge is -2.35. The van der Waals surface area contributed by atoms with Crippen molar-refractivity contribution in [1.29, 1.82) is 0 Å². The molecule has 0 spiro atoms. The van der Waals surface area contributed by atoms with Gasteiger partial charge in [-0.3, -0.25) is 4.79 Å². The van der Waals surface area contributed by atoms with E-state index in [1.54, 1.807) is 0 Å². The van der Waals surface area contributed by atoms with Crippen LogP contribution >= 0.6 is 0 Å². The average Bonchev–Trinajstić information content (AvgIpc) is 2.46. The molecule has 1 aliphatic carbocycles. The first-order valence-electron chi connectivity index (χ1n) is 7.83. The fourth-order valence-electron chi connectivity index (χ4n) is 2.61. The number of nitrogens with zero attached hydrogens (tertiary/aromatic N) is 1. The number of carboxylic acids is 1. The summed E-state index contributed by atoms with van der Waals surface area (Å²) in [6.07, 6.45) is 3.11. The van der Waals surface area contributed by atoms with E-state index in [1.165, 1.54) is 0 Å². The molecule has 1 rings (SSSR count). The van der Waals surface area contributed by atoms with Gasteiger partial charge in [-0.15, -0.1) is 0 Å². The van der Waals surface area contributed by atoms with E-state index in [-0.39, 0.29) is 12.6 Å². The van der Waals surface area contributed by atoms with Gasteiger partial charge >= 0.3 is 12.0 Å². The van der Waals surface area contributed by atoms with Crippen LogP contribution in [0.3, 0.4) is 0 Å². The number of carbonyl (C=O) groups excluding carboxylic acids is 1. The maximum absolute atomic E-state index is 11.8. The Balaban J connectivity index is 2.36. The maximum Gasteiger partial charge on any atom is 0.314 e. The van der Waals surface area contributed by atoms with Crippen LogP contribution in [0.25, 0.3) is 0 Å². The molecule has 0 aromatic heterocycles. The number of amides is 2. The Labute approximate surface area is 127 Å². The van der Waals surface area contributed by atoms with Crippen LogP contribution in [0.1, 0.15) is 39.5 Å². The third-order valence-corrected chi connectivity index (χ3v) is 4.59. The number of urea groups is 1. The van der Waals surface area contributed by atoms with E-state index in [9.17, 15) is 14.7 Å². The zero-order valence-corrected chi connectivity index (χ0v) is 13.4. The molecule has 0 unspecified atom stereocenters.